The Morgan fingerprint density at radius 1 is 0.889 bits per heavy atom. The van der Waals surface area contributed by atoms with Crippen LogP contribution in [0.3, 0.4) is 0 Å². The molecule has 2 heterocycles. The third-order valence-electron chi connectivity index (χ3n) is 3.96. The zero-order valence-corrected chi connectivity index (χ0v) is 14.1. The zero-order chi connectivity index (χ0) is 18.6. The summed E-state index contributed by atoms with van der Waals surface area (Å²) in [6.45, 7) is 0. The summed E-state index contributed by atoms with van der Waals surface area (Å²) in [5.74, 6) is -0.364. The van der Waals surface area contributed by atoms with Gasteiger partial charge >= 0.3 is 6.03 Å². The molecule has 1 N–H and O–H groups in total. The van der Waals surface area contributed by atoms with Gasteiger partial charge in [0.15, 0.2) is 0 Å². The molecule has 0 aliphatic carbocycles. The Bertz CT molecular complexity index is 1060. The van der Waals surface area contributed by atoms with Crippen molar-refractivity contribution < 1.29 is 9.18 Å². The van der Waals surface area contributed by atoms with Gasteiger partial charge in [0.2, 0.25) is 0 Å². The number of anilines is 1. The predicted octanol–water partition coefficient (Wildman–Crippen LogP) is 4.23. The second-order valence-electron chi connectivity index (χ2n) is 5.74. The molecule has 0 spiro atoms. The molecule has 0 bridgehead atoms. The van der Waals surface area contributed by atoms with Crippen LogP contribution < -0.4 is 5.32 Å². The standard InChI is InChI=1S/C20H14FN5O/c21-16-8-6-15(7-9-16)19-18(14-10-12-22-13-11-14)24-25-26(19)20(27)23-17-4-2-1-3-5-17/h1-13H,(H,23,27). The minimum Gasteiger partial charge on any atom is -0.306 e. The van der Waals surface area contributed by atoms with Crippen molar-refractivity contribution in [1.29, 1.82) is 0 Å². The summed E-state index contributed by atoms with van der Waals surface area (Å²) >= 11 is 0. The van der Waals surface area contributed by atoms with Gasteiger partial charge in [-0.2, -0.15) is 4.68 Å². The zero-order valence-electron chi connectivity index (χ0n) is 14.1. The average Bonchev–Trinajstić information content (AvgIpc) is 3.15. The van der Waals surface area contributed by atoms with Gasteiger partial charge in [0.1, 0.15) is 17.2 Å². The minimum atomic E-state index is -0.465. The summed E-state index contributed by atoms with van der Waals surface area (Å²) in [5, 5.41) is 11.0. The van der Waals surface area contributed by atoms with Crippen LogP contribution in [0, 0.1) is 5.82 Å². The Balaban J connectivity index is 1.81. The van der Waals surface area contributed by atoms with Crippen LogP contribution in [-0.2, 0) is 0 Å². The molecule has 27 heavy (non-hydrogen) atoms. The Hall–Kier alpha value is -3.87. The molecule has 0 aliphatic rings. The SMILES string of the molecule is O=C(Nc1ccccc1)n1nnc(-c2ccncc2)c1-c1ccc(F)cc1. The number of nitrogens with zero attached hydrogens (tertiary/aromatic N) is 4. The van der Waals surface area contributed by atoms with Gasteiger partial charge in [0.05, 0.1) is 0 Å². The number of carbonyl (C=O) groups excluding carboxylic acids is 1. The number of hydrogen-bond acceptors (Lipinski definition) is 4. The predicted molar refractivity (Wildman–Crippen MR) is 99.5 cm³/mol. The fourth-order valence-electron chi connectivity index (χ4n) is 2.69. The number of rotatable bonds is 3. The molecule has 6 nitrogen and oxygen atoms in total. The molecule has 132 valence electrons. The van der Waals surface area contributed by atoms with E-state index in [-0.39, 0.29) is 5.82 Å². The van der Waals surface area contributed by atoms with E-state index in [1.165, 1.54) is 16.8 Å². The maximum Gasteiger partial charge on any atom is 0.348 e. The number of benzene rings is 2. The van der Waals surface area contributed by atoms with Crippen LogP contribution >= 0.6 is 0 Å². The third kappa shape index (κ3) is 3.43. The van der Waals surface area contributed by atoms with E-state index in [2.05, 4.69) is 20.6 Å². The number of halogens is 1. The van der Waals surface area contributed by atoms with Crippen molar-refractivity contribution in [3.8, 4) is 22.5 Å². The molecule has 0 unspecified atom stereocenters. The first-order chi connectivity index (χ1) is 13.2. The van der Waals surface area contributed by atoms with Crippen molar-refractivity contribution in [2.45, 2.75) is 0 Å². The van der Waals surface area contributed by atoms with Gasteiger partial charge < -0.3 is 5.32 Å². The van der Waals surface area contributed by atoms with Crippen molar-refractivity contribution in [2.75, 3.05) is 5.32 Å². The Kier molecular flexibility index (Phi) is 4.40. The van der Waals surface area contributed by atoms with Crippen molar-refractivity contribution in [3.05, 3.63) is 84.9 Å². The highest BCUT2D eigenvalue weighted by atomic mass is 19.1. The lowest BCUT2D eigenvalue weighted by molar-refractivity contribution is 0.250. The van der Waals surface area contributed by atoms with E-state index >= 15 is 0 Å². The summed E-state index contributed by atoms with van der Waals surface area (Å²) in [5.41, 5.74) is 2.98. The monoisotopic (exact) mass is 359 g/mol. The van der Waals surface area contributed by atoms with Gasteiger partial charge in [-0.25, -0.2) is 9.18 Å². The fourth-order valence-corrected chi connectivity index (χ4v) is 2.69. The maximum atomic E-state index is 13.4. The van der Waals surface area contributed by atoms with Crippen LogP contribution in [0.4, 0.5) is 14.9 Å². The van der Waals surface area contributed by atoms with E-state index < -0.39 is 6.03 Å². The van der Waals surface area contributed by atoms with Crippen LogP contribution in [-0.4, -0.2) is 26.0 Å². The normalized spacial score (nSPS) is 10.6. The van der Waals surface area contributed by atoms with Crippen LogP contribution in [0.2, 0.25) is 0 Å². The Labute approximate surface area is 154 Å². The van der Waals surface area contributed by atoms with Crippen molar-refractivity contribution in [3.63, 3.8) is 0 Å². The highest BCUT2D eigenvalue weighted by Crippen LogP contribution is 2.30. The number of pyridine rings is 1. The average molecular weight is 359 g/mol. The van der Waals surface area contributed by atoms with Crippen LogP contribution in [0.1, 0.15) is 0 Å². The van der Waals surface area contributed by atoms with Crippen LogP contribution in [0.25, 0.3) is 22.5 Å². The summed E-state index contributed by atoms with van der Waals surface area (Å²) in [4.78, 5) is 16.8. The van der Waals surface area contributed by atoms with Gasteiger partial charge in [-0.1, -0.05) is 23.4 Å². The quantitative estimate of drug-likeness (QED) is 0.594. The van der Waals surface area contributed by atoms with Crippen LogP contribution in [0.15, 0.2) is 79.1 Å². The molecule has 0 fully saturated rings. The molecule has 0 saturated heterocycles. The van der Waals surface area contributed by atoms with E-state index in [1.807, 2.05) is 18.2 Å². The van der Waals surface area contributed by atoms with E-state index in [0.29, 0.717) is 22.6 Å². The van der Waals surface area contributed by atoms with Crippen molar-refractivity contribution in [1.82, 2.24) is 20.0 Å². The first-order valence-electron chi connectivity index (χ1n) is 8.21. The Morgan fingerprint density at radius 2 is 1.59 bits per heavy atom. The maximum absolute atomic E-state index is 13.4. The topological polar surface area (TPSA) is 72.7 Å². The summed E-state index contributed by atoms with van der Waals surface area (Å²) in [6, 6.07) is 18.0. The first kappa shape index (κ1) is 16.6. The molecule has 4 rings (SSSR count). The van der Waals surface area contributed by atoms with E-state index in [1.54, 1.807) is 48.8 Å². The summed E-state index contributed by atoms with van der Waals surface area (Å²) in [6.07, 6.45) is 3.26. The lowest BCUT2D eigenvalue weighted by Crippen LogP contribution is -2.21. The molecule has 2 aromatic heterocycles. The highest BCUT2D eigenvalue weighted by molar-refractivity contribution is 5.95. The van der Waals surface area contributed by atoms with Crippen molar-refractivity contribution >= 4 is 11.7 Å². The molecule has 2 aromatic carbocycles. The van der Waals surface area contributed by atoms with Gasteiger partial charge in [0, 0.05) is 29.2 Å². The number of para-hydroxylation sites is 1. The number of hydrogen-bond donors (Lipinski definition) is 1. The fraction of sp³-hybridized carbons (Fsp3) is 0. The lowest BCUT2D eigenvalue weighted by atomic mass is 10.1. The number of amides is 1. The molecule has 0 atom stereocenters. The van der Waals surface area contributed by atoms with Gasteiger partial charge in [-0.3, -0.25) is 4.98 Å². The summed E-state index contributed by atoms with van der Waals surface area (Å²) < 4.78 is 14.5. The van der Waals surface area contributed by atoms with E-state index in [4.69, 9.17) is 0 Å². The molecule has 4 aromatic rings. The number of nitrogens with one attached hydrogen (secondary N) is 1. The smallest absolute Gasteiger partial charge is 0.306 e. The molecule has 1 amide bonds. The second kappa shape index (κ2) is 7.17. The molecule has 7 heteroatoms. The minimum absolute atomic E-state index is 0.364. The van der Waals surface area contributed by atoms with Gasteiger partial charge in [-0.05, 0) is 48.5 Å². The van der Waals surface area contributed by atoms with E-state index in [0.717, 1.165) is 5.56 Å². The first-order valence-corrected chi connectivity index (χ1v) is 8.21. The molecule has 0 aliphatic heterocycles. The summed E-state index contributed by atoms with van der Waals surface area (Å²) in [7, 11) is 0. The number of aromatic nitrogens is 4. The molecule has 0 radical (unpaired) electrons. The molecular formula is C20H14FN5O. The molecule has 0 saturated carbocycles. The van der Waals surface area contributed by atoms with Crippen LogP contribution in [0.5, 0.6) is 0 Å². The third-order valence-corrected chi connectivity index (χ3v) is 3.96. The Morgan fingerprint density at radius 3 is 2.30 bits per heavy atom. The van der Waals surface area contributed by atoms with Crippen molar-refractivity contribution in [2.24, 2.45) is 0 Å². The highest BCUT2D eigenvalue weighted by Gasteiger charge is 2.21. The largest absolute Gasteiger partial charge is 0.348 e. The number of carbonyl (C=O) groups is 1. The van der Waals surface area contributed by atoms with Gasteiger partial charge in [0.25, 0.3) is 0 Å². The van der Waals surface area contributed by atoms with Gasteiger partial charge in [-0.15, -0.1) is 5.10 Å². The lowest BCUT2D eigenvalue weighted by Gasteiger charge is -2.09. The van der Waals surface area contributed by atoms with E-state index in [9.17, 15) is 9.18 Å². The molecular weight excluding hydrogens is 345 g/mol. The second-order valence-corrected chi connectivity index (χ2v) is 5.74.